The quantitative estimate of drug-likeness (QED) is 0.471. The van der Waals surface area contributed by atoms with Crippen LogP contribution in [0, 0.1) is 35.5 Å². The van der Waals surface area contributed by atoms with Crippen LogP contribution in [-0.2, 0) is 19.2 Å². The van der Waals surface area contributed by atoms with Crippen LogP contribution in [0.25, 0.3) is 0 Å². The number of alkyl halides is 2. The highest BCUT2D eigenvalue weighted by Crippen LogP contribution is 2.72. The van der Waals surface area contributed by atoms with Gasteiger partial charge in [0.25, 0.3) is 0 Å². The zero-order valence-corrected chi connectivity index (χ0v) is 24.8. The topological polar surface area (TPSA) is 106 Å². The number of Topliss-reactive ketones (excluding diaryl/α,β-unsaturated/α-hetero) is 1. The fourth-order valence-electron chi connectivity index (χ4n) is 9.32. The molecule has 10 heteroatoms. The number of aliphatic hydroxyl groups excluding tert-OH is 1. The Bertz CT molecular complexity index is 1590. The second-order valence-corrected chi connectivity index (χ2v) is 13.5. The van der Waals surface area contributed by atoms with E-state index in [-0.39, 0.29) is 24.2 Å². The fraction of sp³-hybridized carbons (Fsp3) is 0.500. The van der Waals surface area contributed by atoms with Gasteiger partial charge in [0.15, 0.2) is 23.7 Å². The van der Waals surface area contributed by atoms with Crippen LogP contribution in [0.15, 0.2) is 70.9 Å². The van der Waals surface area contributed by atoms with Crippen LogP contribution in [-0.4, -0.2) is 59.3 Å². The highest BCUT2D eigenvalue weighted by Gasteiger charge is 2.79. The molecular formula is C34H35F2NO7. The molecule has 2 heterocycles. The molecule has 4 fully saturated rings. The van der Waals surface area contributed by atoms with Gasteiger partial charge in [-0.1, -0.05) is 30.7 Å². The van der Waals surface area contributed by atoms with Gasteiger partial charge >= 0.3 is 5.97 Å². The van der Waals surface area contributed by atoms with E-state index in [4.69, 9.17) is 14.0 Å². The van der Waals surface area contributed by atoms with Gasteiger partial charge in [0.05, 0.1) is 24.6 Å². The van der Waals surface area contributed by atoms with Crippen molar-refractivity contribution in [3.63, 3.8) is 0 Å². The van der Waals surface area contributed by atoms with Crippen molar-refractivity contribution in [3.8, 4) is 0 Å². The number of carbonyl (C=O) groups is 3. The summed E-state index contributed by atoms with van der Waals surface area (Å²) in [6.45, 7) is 4.99. The van der Waals surface area contributed by atoms with Crippen molar-refractivity contribution in [2.45, 2.75) is 63.6 Å². The third-order valence-corrected chi connectivity index (χ3v) is 11.4. The molecular weight excluding hydrogens is 572 g/mol. The number of furan rings is 1. The minimum absolute atomic E-state index is 0.0435. The van der Waals surface area contributed by atoms with Crippen molar-refractivity contribution in [2.24, 2.45) is 28.6 Å². The van der Waals surface area contributed by atoms with Crippen molar-refractivity contribution in [1.29, 1.82) is 0 Å². The Labute approximate surface area is 253 Å². The van der Waals surface area contributed by atoms with E-state index in [1.807, 2.05) is 38.1 Å². The summed E-state index contributed by atoms with van der Waals surface area (Å²) in [6, 6.07) is 10.6. The van der Waals surface area contributed by atoms with Crippen molar-refractivity contribution in [3.05, 3.63) is 77.8 Å². The molecule has 0 unspecified atom stereocenters. The maximum absolute atomic E-state index is 17.7. The first-order chi connectivity index (χ1) is 20.8. The summed E-state index contributed by atoms with van der Waals surface area (Å²) in [5.41, 5.74) is -4.74. The Morgan fingerprint density at radius 2 is 1.89 bits per heavy atom. The summed E-state index contributed by atoms with van der Waals surface area (Å²) >= 11 is 0. The number of allylic oxidation sites excluding steroid dienone is 4. The second-order valence-electron chi connectivity index (χ2n) is 13.5. The number of halogens is 2. The van der Waals surface area contributed by atoms with Crippen molar-refractivity contribution in [2.75, 3.05) is 18.2 Å². The Morgan fingerprint density at radius 1 is 1.14 bits per heavy atom. The maximum Gasteiger partial charge on any atom is 0.374 e. The highest BCUT2D eigenvalue weighted by atomic mass is 19.1. The molecule has 1 saturated heterocycles. The molecule has 0 spiro atoms. The largest absolute Gasteiger partial charge is 0.457 e. The number of ketones is 2. The van der Waals surface area contributed by atoms with E-state index < -0.39 is 76.3 Å². The molecule has 44 heavy (non-hydrogen) atoms. The van der Waals surface area contributed by atoms with E-state index in [0.717, 1.165) is 17.3 Å². The smallest absolute Gasteiger partial charge is 0.374 e. The van der Waals surface area contributed by atoms with Gasteiger partial charge in [-0.2, -0.15) is 0 Å². The monoisotopic (exact) mass is 607 g/mol. The number of benzene rings is 1. The number of hydrogen-bond acceptors (Lipinski definition) is 8. The van der Waals surface area contributed by atoms with E-state index in [0.29, 0.717) is 13.0 Å². The van der Waals surface area contributed by atoms with Gasteiger partial charge in [-0.3, -0.25) is 19.5 Å². The Balaban J connectivity index is 1.28. The molecule has 8 nitrogen and oxygen atoms in total. The number of hydroxylamine groups is 1. The molecule has 2 aromatic rings. The molecule has 9 atom stereocenters. The van der Waals surface area contributed by atoms with Gasteiger partial charge < -0.3 is 14.3 Å². The van der Waals surface area contributed by atoms with E-state index in [1.54, 1.807) is 12.0 Å². The summed E-state index contributed by atoms with van der Waals surface area (Å²) < 4.78 is 44.1. The number of aliphatic hydroxyl groups is 1. The third kappa shape index (κ3) is 3.70. The van der Waals surface area contributed by atoms with Crippen molar-refractivity contribution < 1.29 is 42.3 Å². The summed E-state index contributed by atoms with van der Waals surface area (Å²) in [7, 11) is 0. The van der Waals surface area contributed by atoms with Gasteiger partial charge in [0, 0.05) is 22.7 Å². The minimum atomic E-state index is -2.28. The number of anilines is 1. The molecule has 5 aliphatic rings. The predicted octanol–water partition coefficient (Wildman–Crippen LogP) is 5.05. The standard InChI is InChI=1S/C34H35F2NO7/c1-19-6-8-21(9-7-19)37-17-20-13-23-24-15-26(35)25-14-22(38)10-11-31(25,2)33(24,36)28(39)16-32(23,3)34(20,44-37)29(40)18-43-30(41)27-5-4-12-42-27/h4-12,14,20,23-24,26,28,39H,13,15-18H2,1-3H3/t20-,23-,24-,26-,28-,31-,32-,33-,34-/m0/s1. The van der Waals surface area contributed by atoms with E-state index in [1.165, 1.54) is 30.5 Å². The number of rotatable bonds is 5. The Morgan fingerprint density at radius 3 is 2.59 bits per heavy atom. The summed E-state index contributed by atoms with van der Waals surface area (Å²) in [5, 5.41) is 13.4. The molecule has 1 aromatic heterocycles. The predicted molar refractivity (Wildman–Crippen MR) is 154 cm³/mol. The average Bonchev–Trinajstić information content (AvgIpc) is 3.71. The van der Waals surface area contributed by atoms with Crippen LogP contribution in [0.5, 0.6) is 0 Å². The lowest BCUT2D eigenvalue weighted by atomic mass is 9.44. The van der Waals surface area contributed by atoms with Gasteiger partial charge in [0.2, 0.25) is 11.5 Å². The first-order valence-electron chi connectivity index (χ1n) is 15.1. The van der Waals surface area contributed by atoms with Crippen LogP contribution in [0.4, 0.5) is 14.5 Å². The second kappa shape index (κ2) is 9.68. The first-order valence-corrected chi connectivity index (χ1v) is 15.1. The lowest BCUT2D eigenvalue weighted by Gasteiger charge is -2.63. The molecule has 1 N–H and O–H groups in total. The molecule has 4 aliphatic carbocycles. The van der Waals surface area contributed by atoms with Gasteiger partial charge in [0.1, 0.15) is 6.17 Å². The molecule has 232 valence electrons. The maximum atomic E-state index is 17.7. The zero-order valence-electron chi connectivity index (χ0n) is 24.8. The minimum Gasteiger partial charge on any atom is -0.457 e. The summed E-state index contributed by atoms with van der Waals surface area (Å²) in [5.74, 6) is -3.77. The number of carbonyl (C=O) groups excluding carboxylic acids is 3. The molecule has 0 radical (unpaired) electrons. The fourth-order valence-corrected chi connectivity index (χ4v) is 9.32. The number of nitrogens with zero attached hydrogens (tertiary/aromatic N) is 1. The van der Waals surface area contributed by atoms with Crippen molar-refractivity contribution >= 4 is 23.2 Å². The zero-order chi connectivity index (χ0) is 31.2. The number of aryl methyl sites for hydroxylation is 1. The summed E-state index contributed by atoms with van der Waals surface area (Å²) in [6.07, 6.45) is 1.88. The molecule has 0 amide bonds. The van der Waals surface area contributed by atoms with Crippen LogP contribution < -0.4 is 5.06 Å². The van der Waals surface area contributed by atoms with Gasteiger partial charge in [-0.05, 0) is 81.0 Å². The number of hydrogen-bond donors (Lipinski definition) is 1. The Hall–Kier alpha value is -3.63. The lowest BCUT2D eigenvalue weighted by Crippen LogP contribution is -2.70. The van der Waals surface area contributed by atoms with Crippen LogP contribution in [0.1, 0.15) is 49.2 Å². The van der Waals surface area contributed by atoms with Gasteiger partial charge in [-0.25, -0.2) is 13.6 Å². The molecule has 7 rings (SSSR count). The Kier molecular flexibility index (Phi) is 6.40. The van der Waals surface area contributed by atoms with Crippen LogP contribution in [0.2, 0.25) is 0 Å². The van der Waals surface area contributed by atoms with Crippen LogP contribution >= 0.6 is 0 Å². The van der Waals surface area contributed by atoms with E-state index in [2.05, 4.69) is 0 Å². The number of fused-ring (bicyclic) bond motifs is 7. The number of ether oxygens (including phenoxy) is 1. The lowest BCUT2D eigenvalue weighted by molar-refractivity contribution is -0.228. The molecule has 0 bridgehead atoms. The third-order valence-electron chi connectivity index (χ3n) is 11.4. The highest BCUT2D eigenvalue weighted by molar-refractivity contribution is 6.01. The number of esters is 1. The molecule has 1 aromatic carbocycles. The van der Waals surface area contributed by atoms with E-state index >= 15 is 8.78 Å². The SMILES string of the molecule is Cc1ccc(N2C[C@@H]3C[C@H]4[C@@H]5C[C@H](F)C6=CC(=O)C=C[C@]6(C)[C@@]5(F)[C@@H](O)C[C@]4(C)[C@]3(C(=O)COC(=O)c3ccco3)O2)cc1. The normalized spacial score (nSPS) is 40.5. The van der Waals surface area contributed by atoms with E-state index in [9.17, 15) is 19.5 Å². The van der Waals surface area contributed by atoms with Crippen LogP contribution in [0.3, 0.4) is 0 Å². The molecule has 3 saturated carbocycles. The summed E-state index contributed by atoms with van der Waals surface area (Å²) in [4.78, 5) is 45.8. The van der Waals surface area contributed by atoms with Gasteiger partial charge in [-0.15, -0.1) is 0 Å². The molecule has 1 aliphatic heterocycles. The first kappa shape index (κ1) is 29.1. The average molecular weight is 608 g/mol. The van der Waals surface area contributed by atoms with Crippen molar-refractivity contribution in [1.82, 2.24) is 0 Å².